The van der Waals surface area contributed by atoms with Crippen LogP contribution in [0, 0.1) is 0 Å². The zero-order valence-electron chi connectivity index (χ0n) is 8.52. The van der Waals surface area contributed by atoms with Gasteiger partial charge in [-0.25, -0.2) is 9.97 Å². The third-order valence-corrected chi connectivity index (χ3v) is 2.51. The van der Waals surface area contributed by atoms with E-state index in [0.717, 1.165) is 24.0 Å². The Balaban J connectivity index is 2.37. The molecular formula is C11H12ClN3. The molecule has 4 heteroatoms. The Morgan fingerprint density at radius 2 is 2.27 bits per heavy atom. The molecule has 78 valence electrons. The molecule has 0 bridgehead atoms. The molecule has 0 fully saturated rings. The molecule has 0 radical (unpaired) electrons. The molecule has 0 spiro atoms. The lowest BCUT2D eigenvalue weighted by Gasteiger charge is -1.99. The molecule has 0 unspecified atom stereocenters. The van der Waals surface area contributed by atoms with Crippen molar-refractivity contribution >= 4 is 22.6 Å². The molecule has 0 aromatic carbocycles. The van der Waals surface area contributed by atoms with E-state index >= 15 is 0 Å². The van der Waals surface area contributed by atoms with Crippen LogP contribution in [-0.4, -0.2) is 14.5 Å². The second kappa shape index (κ2) is 4.45. The second-order valence-corrected chi connectivity index (χ2v) is 3.61. The van der Waals surface area contributed by atoms with E-state index in [2.05, 4.69) is 33.6 Å². The molecule has 0 aliphatic heterocycles. The Morgan fingerprint density at radius 1 is 1.40 bits per heavy atom. The third-order valence-electron chi connectivity index (χ3n) is 2.21. The molecule has 3 nitrogen and oxygen atoms in total. The number of nitrogens with zero attached hydrogens (tertiary/aromatic N) is 3. The minimum absolute atomic E-state index is 0.512. The quantitative estimate of drug-likeness (QED) is 0.589. The van der Waals surface area contributed by atoms with Gasteiger partial charge in [-0.1, -0.05) is 30.7 Å². The van der Waals surface area contributed by atoms with Gasteiger partial charge in [0.2, 0.25) is 0 Å². The summed E-state index contributed by atoms with van der Waals surface area (Å²) in [6.07, 6.45) is 8.77. The summed E-state index contributed by atoms with van der Waals surface area (Å²) in [5.41, 5.74) is 0.885. The molecule has 2 aromatic rings. The Bertz CT molecular complexity index is 488. The zero-order chi connectivity index (χ0) is 10.7. The lowest BCUT2D eigenvalue weighted by atomic mass is 10.4. The maximum Gasteiger partial charge on any atom is 0.145 e. The molecule has 2 aromatic heterocycles. The van der Waals surface area contributed by atoms with Crippen molar-refractivity contribution in [1.29, 1.82) is 0 Å². The van der Waals surface area contributed by atoms with Crippen molar-refractivity contribution in [3.05, 3.63) is 35.9 Å². The summed E-state index contributed by atoms with van der Waals surface area (Å²) < 4.78 is 2.05. The third kappa shape index (κ3) is 2.02. The van der Waals surface area contributed by atoms with Gasteiger partial charge in [0.1, 0.15) is 17.1 Å². The number of hydrogen-bond acceptors (Lipinski definition) is 2. The standard InChI is InChI=1S/C11H12ClN3/c1-2-3-4-6-15-7-5-9-10(12)13-8-14-11(9)15/h3-5,7-8H,2,6H2,1H3/b4-3-. The SMILES string of the molecule is CC/C=C\Cn1ccc2c(Cl)ncnc21. The van der Waals surface area contributed by atoms with Crippen LogP contribution < -0.4 is 0 Å². The van der Waals surface area contributed by atoms with Crippen molar-refractivity contribution in [2.24, 2.45) is 0 Å². The number of allylic oxidation sites excluding steroid dienone is 2. The van der Waals surface area contributed by atoms with E-state index < -0.39 is 0 Å². The fourth-order valence-electron chi connectivity index (χ4n) is 1.47. The number of fused-ring (bicyclic) bond motifs is 1. The van der Waals surface area contributed by atoms with Crippen LogP contribution in [0.25, 0.3) is 11.0 Å². The second-order valence-electron chi connectivity index (χ2n) is 3.25. The highest BCUT2D eigenvalue weighted by Crippen LogP contribution is 2.19. The van der Waals surface area contributed by atoms with Crippen LogP contribution in [0.4, 0.5) is 0 Å². The zero-order valence-corrected chi connectivity index (χ0v) is 9.28. The fraction of sp³-hybridized carbons (Fsp3) is 0.273. The number of rotatable bonds is 3. The fourth-order valence-corrected chi connectivity index (χ4v) is 1.67. The van der Waals surface area contributed by atoms with Crippen LogP contribution in [-0.2, 0) is 6.54 Å². The van der Waals surface area contributed by atoms with Gasteiger partial charge in [0.15, 0.2) is 0 Å². The number of aromatic nitrogens is 3. The Kier molecular flexibility index (Phi) is 3.02. The number of hydrogen-bond donors (Lipinski definition) is 0. The first-order valence-electron chi connectivity index (χ1n) is 4.93. The van der Waals surface area contributed by atoms with Gasteiger partial charge < -0.3 is 4.57 Å². The van der Waals surface area contributed by atoms with Crippen LogP contribution in [0.2, 0.25) is 5.15 Å². The van der Waals surface area contributed by atoms with Gasteiger partial charge in [-0.05, 0) is 12.5 Å². The van der Waals surface area contributed by atoms with Gasteiger partial charge >= 0.3 is 0 Å². The summed E-state index contributed by atoms with van der Waals surface area (Å²) >= 11 is 5.95. The van der Waals surface area contributed by atoms with Crippen molar-refractivity contribution < 1.29 is 0 Å². The lowest BCUT2D eigenvalue weighted by Crippen LogP contribution is -1.94. The molecule has 2 heterocycles. The molecule has 0 atom stereocenters. The summed E-state index contributed by atoms with van der Waals surface area (Å²) in [6, 6.07) is 1.94. The molecule has 0 N–H and O–H groups in total. The normalized spacial score (nSPS) is 11.6. The van der Waals surface area contributed by atoms with E-state index in [0.29, 0.717) is 5.15 Å². The Hall–Kier alpha value is -1.35. The van der Waals surface area contributed by atoms with Gasteiger partial charge in [0, 0.05) is 12.7 Å². The molecule has 0 aliphatic carbocycles. The Morgan fingerprint density at radius 3 is 3.07 bits per heavy atom. The van der Waals surface area contributed by atoms with Crippen molar-refractivity contribution in [1.82, 2.24) is 14.5 Å². The molecule has 0 aliphatic rings. The van der Waals surface area contributed by atoms with Crippen LogP contribution in [0.1, 0.15) is 13.3 Å². The van der Waals surface area contributed by atoms with Gasteiger partial charge in [0.25, 0.3) is 0 Å². The van der Waals surface area contributed by atoms with Crippen LogP contribution in [0.15, 0.2) is 30.7 Å². The maximum atomic E-state index is 5.95. The van der Waals surface area contributed by atoms with Gasteiger partial charge in [-0.2, -0.15) is 0 Å². The van der Waals surface area contributed by atoms with Crippen molar-refractivity contribution in [3.8, 4) is 0 Å². The summed E-state index contributed by atoms with van der Waals surface area (Å²) in [5.74, 6) is 0. The first kappa shape index (κ1) is 10.2. The molecule has 0 saturated heterocycles. The van der Waals surface area contributed by atoms with E-state index in [4.69, 9.17) is 11.6 Å². The minimum atomic E-state index is 0.512. The number of halogens is 1. The van der Waals surface area contributed by atoms with Crippen molar-refractivity contribution in [2.75, 3.05) is 0 Å². The van der Waals surface area contributed by atoms with Gasteiger partial charge in [0.05, 0.1) is 5.39 Å². The summed E-state index contributed by atoms with van der Waals surface area (Å²) in [6.45, 7) is 2.94. The van der Waals surface area contributed by atoms with E-state index in [-0.39, 0.29) is 0 Å². The molecule has 15 heavy (non-hydrogen) atoms. The summed E-state index contributed by atoms with van der Waals surface area (Å²) in [7, 11) is 0. The highest BCUT2D eigenvalue weighted by Gasteiger charge is 2.04. The first-order chi connectivity index (χ1) is 7.33. The first-order valence-corrected chi connectivity index (χ1v) is 5.31. The predicted molar refractivity (Wildman–Crippen MR) is 62.0 cm³/mol. The highest BCUT2D eigenvalue weighted by atomic mass is 35.5. The van der Waals surface area contributed by atoms with Gasteiger partial charge in [-0.15, -0.1) is 0 Å². The van der Waals surface area contributed by atoms with Crippen LogP contribution >= 0.6 is 11.6 Å². The summed E-state index contributed by atoms with van der Waals surface area (Å²) in [4.78, 5) is 8.15. The minimum Gasteiger partial charge on any atom is -0.329 e. The van der Waals surface area contributed by atoms with E-state index in [9.17, 15) is 0 Å². The monoisotopic (exact) mass is 221 g/mol. The molecule has 2 rings (SSSR count). The predicted octanol–water partition coefficient (Wildman–Crippen LogP) is 3.05. The smallest absolute Gasteiger partial charge is 0.145 e. The summed E-state index contributed by atoms with van der Waals surface area (Å²) in [5, 5.41) is 1.42. The molecule has 0 amide bonds. The molecular weight excluding hydrogens is 210 g/mol. The maximum absolute atomic E-state index is 5.95. The van der Waals surface area contributed by atoms with Gasteiger partial charge in [-0.3, -0.25) is 0 Å². The van der Waals surface area contributed by atoms with E-state index in [1.807, 2.05) is 12.3 Å². The average molecular weight is 222 g/mol. The van der Waals surface area contributed by atoms with E-state index in [1.165, 1.54) is 6.33 Å². The Labute approximate surface area is 93.4 Å². The van der Waals surface area contributed by atoms with Crippen molar-refractivity contribution in [3.63, 3.8) is 0 Å². The van der Waals surface area contributed by atoms with E-state index in [1.54, 1.807) is 0 Å². The largest absolute Gasteiger partial charge is 0.329 e. The van der Waals surface area contributed by atoms with Crippen molar-refractivity contribution in [2.45, 2.75) is 19.9 Å². The topological polar surface area (TPSA) is 30.7 Å². The highest BCUT2D eigenvalue weighted by molar-refractivity contribution is 6.33. The van der Waals surface area contributed by atoms with Crippen LogP contribution in [0.3, 0.4) is 0 Å². The van der Waals surface area contributed by atoms with Crippen LogP contribution in [0.5, 0.6) is 0 Å². The molecule has 0 saturated carbocycles. The average Bonchev–Trinajstić information content (AvgIpc) is 2.64. The lowest BCUT2D eigenvalue weighted by molar-refractivity contribution is 0.844.